The van der Waals surface area contributed by atoms with Crippen molar-refractivity contribution in [2.24, 2.45) is 0 Å². The lowest BCUT2D eigenvalue weighted by Gasteiger charge is -2.05. The van der Waals surface area contributed by atoms with E-state index in [4.69, 9.17) is 4.74 Å². The molecular weight excluding hydrogens is 378 g/mol. The van der Waals surface area contributed by atoms with Crippen LogP contribution in [-0.4, -0.2) is 22.7 Å². The van der Waals surface area contributed by atoms with Crippen LogP contribution in [0, 0.1) is 6.92 Å². The van der Waals surface area contributed by atoms with Crippen LogP contribution < -0.4 is 10.1 Å². The summed E-state index contributed by atoms with van der Waals surface area (Å²) >= 11 is 3.00. The lowest BCUT2D eigenvalue weighted by atomic mass is 10.1. The Kier molecular flexibility index (Phi) is 6.84. The van der Waals surface area contributed by atoms with Crippen molar-refractivity contribution in [2.45, 2.75) is 30.4 Å². The smallest absolute Gasteiger partial charge is 0.257 e. The predicted octanol–water partition coefficient (Wildman–Crippen LogP) is 5.18. The number of carbonyl (C=O) groups is 1. The van der Waals surface area contributed by atoms with Gasteiger partial charge < -0.3 is 4.74 Å². The molecule has 3 rings (SSSR count). The fourth-order valence-electron chi connectivity index (χ4n) is 2.32. The van der Waals surface area contributed by atoms with E-state index in [2.05, 4.69) is 41.5 Å². The SMILES string of the molecule is CCCOc1ccc(C(=O)Nc2nnc(SCc3ccccc3C)s2)cc1. The Labute approximate surface area is 167 Å². The summed E-state index contributed by atoms with van der Waals surface area (Å²) in [5.41, 5.74) is 3.09. The summed E-state index contributed by atoms with van der Waals surface area (Å²) in [7, 11) is 0. The first kappa shape index (κ1) is 19.4. The maximum atomic E-state index is 12.4. The summed E-state index contributed by atoms with van der Waals surface area (Å²) in [6.07, 6.45) is 0.948. The van der Waals surface area contributed by atoms with E-state index in [1.54, 1.807) is 36.0 Å². The van der Waals surface area contributed by atoms with Gasteiger partial charge in [-0.2, -0.15) is 0 Å². The second-order valence-corrected chi connectivity index (χ2v) is 8.12. The molecule has 1 amide bonds. The van der Waals surface area contributed by atoms with Crippen molar-refractivity contribution in [3.05, 3.63) is 65.2 Å². The quantitative estimate of drug-likeness (QED) is 0.418. The summed E-state index contributed by atoms with van der Waals surface area (Å²) in [6.45, 7) is 4.82. The van der Waals surface area contributed by atoms with Gasteiger partial charge in [-0.25, -0.2) is 0 Å². The summed E-state index contributed by atoms with van der Waals surface area (Å²) < 4.78 is 6.36. The van der Waals surface area contributed by atoms with Gasteiger partial charge in [0.1, 0.15) is 5.75 Å². The number of aromatic nitrogens is 2. The molecule has 0 unspecified atom stereocenters. The zero-order valence-electron chi connectivity index (χ0n) is 15.3. The van der Waals surface area contributed by atoms with E-state index in [1.807, 2.05) is 12.1 Å². The van der Waals surface area contributed by atoms with Crippen molar-refractivity contribution in [3.8, 4) is 5.75 Å². The van der Waals surface area contributed by atoms with Crippen LogP contribution in [-0.2, 0) is 5.75 Å². The number of thioether (sulfide) groups is 1. The third-order valence-corrected chi connectivity index (χ3v) is 5.85. The van der Waals surface area contributed by atoms with Crippen LogP contribution in [0.1, 0.15) is 34.8 Å². The fraction of sp³-hybridized carbons (Fsp3) is 0.250. The number of carbonyl (C=O) groups excluding carboxylic acids is 1. The highest BCUT2D eigenvalue weighted by molar-refractivity contribution is 8.00. The molecule has 0 spiro atoms. The third kappa shape index (κ3) is 5.55. The van der Waals surface area contributed by atoms with E-state index < -0.39 is 0 Å². The predicted molar refractivity (Wildman–Crippen MR) is 111 cm³/mol. The topological polar surface area (TPSA) is 64.1 Å². The third-order valence-electron chi connectivity index (χ3n) is 3.83. The lowest BCUT2D eigenvalue weighted by molar-refractivity contribution is 0.102. The van der Waals surface area contributed by atoms with Gasteiger partial charge in [-0.15, -0.1) is 10.2 Å². The number of aryl methyl sites for hydroxylation is 1. The average molecular weight is 400 g/mol. The Bertz CT molecular complexity index is 894. The molecule has 0 saturated carbocycles. The molecule has 0 aliphatic heterocycles. The number of benzene rings is 2. The van der Waals surface area contributed by atoms with Crippen LogP contribution in [0.2, 0.25) is 0 Å². The number of amides is 1. The number of hydrogen-bond donors (Lipinski definition) is 1. The minimum atomic E-state index is -0.205. The molecule has 0 fully saturated rings. The molecule has 5 nitrogen and oxygen atoms in total. The molecule has 27 heavy (non-hydrogen) atoms. The first-order valence-corrected chi connectivity index (χ1v) is 10.5. The van der Waals surface area contributed by atoms with Crippen LogP contribution in [0.25, 0.3) is 0 Å². The Balaban J connectivity index is 1.55. The molecule has 0 saturated heterocycles. The molecular formula is C20H21N3O2S2. The molecule has 140 valence electrons. The van der Waals surface area contributed by atoms with Crippen LogP contribution in [0.4, 0.5) is 5.13 Å². The number of nitrogens with one attached hydrogen (secondary N) is 1. The molecule has 2 aromatic carbocycles. The summed E-state index contributed by atoms with van der Waals surface area (Å²) in [5, 5.41) is 11.5. The second kappa shape index (κ2) is 9.53. The highest BCUT2D eigenvalue weighted by Crippen LogP contribution is 2.29. The molecule has 0 radical (unpaired) electrons. The number of ether oxygens (including phenoxy) is 1. The minimum Gasteiger partial charge on any atom is -0.494 e. The maximum Gasteiger partial charge on any atom is 0.257 e. The highest BCUT2D eigenvalue weighted by Gasteiger charge is 2.11. The zero-order valence-corrected chi connectivity index (χ0v) is 16.9. The van der Waals surface area contributed by atoms with Crippen LogP contribution >= 0.6 is 23.1 Å². The lowest BCUT2D eigenvalue weighted by Crippen LogP contribution is -2.11. The van der Waals surface area contributed by atoms with E-state index in [9.17, 15) is 4.79 Å². The van der Waals surface area contributed by atoms with Crippen LogP contribution in [0.5, 0.6) is 5.75 Å². The van der Waals surface area contributed by atoms with Crippen molar-refractivity contribution >= 4 is 34.1 Å². The van der Waals surface area contributed by atoms with Gasteiger partial charge in [-0.05, 0) is 48.7 Å². The van der Waals surface area contributed by atoms with Crippen LogP contribution in [0.15, 0.2) is 52.9 Å². The Hall–Kier alpha value is -2.38. The standard InChI is InChI=1S/C20H21N3O2S2/c1-3-12-25-17-10-8-15(9-11-17)18(24)21-19-22-23-20(27-19)26-13-16-7-5-4-6-14(16)2/h4-11H,3,12-13H2,1-2H3,(H,21,22,24). The number of nitrogens with zero attached hydrogens (tertiary/aromatic N) is 2. The van der Waals surface area contributed by atoms with Crippen molar-refractivity contribution in [3.63, 3.8) is 0 Å². The Morgan fingerprint density at radius 2 is 1.93 bits per heavy atom. The zero-order chi connectivity index (χ0) is 19.1. The number of hydrogen-bond acceptors (Lipinski definition) is 6. The molecule has 0 bridgehead atoms. The van der Waals surface area contributed by atoms with Gasteiger partial charge in [0.05, 0.1) is 6.61 Å². The van der Waals surface area contributed by atoms with E-state index in [0.29, 0.717) is 17.3 Å². The number of anilines is 1. The van der Waals surface area contributed by atoms with Gasteiger partial charge in [-0.1, -0.05) is 54.3 Å². The molecule has 0 atom stereocenters. The van der Waals surface area contributed by atoms with E-state index in [0.717, 1.165) is 22.3 Å². The summed E-state index contributed by atoms with van der Waals surface area (Å²) in [5.74, 6) is 1.39. The van der Waals surface area contributed by atoms with Gasteiger partial charge in [0.25, 0.3) is 5.91 Å². The molecule has 3 aromatic rings. The van der Waals surface area contributed by atoms with E-state index >= 15 is 0 Å². The molecule has 0 aliphatic carbocycles. The molecule has 1 N–H and O–H groups in total. The minimum absolute atomic E-state index is 0.205. The molecule has 7 heteroatoms. The monoisotopic (exact) mass is 399 g/mol. The first-order valence-electron chi connectivity index (χ1n) is 8.70. The second-order valence-electron chi connectivity index (χ2n) is 5.92. The largest absolute Gasteiger partial charge is 0.494 e. The van der Waals surface area contributed by atoms with Crippen molar-refractivity contribution < 1.29 is 9.53 Å². The van der Waals surface area contributed by atoms with Crippen molar-refractivity contribution in [1.82, 2.24) is 10.2 Å². The highest BCUT2D eigenvalue weighted by atomic mass is 32.2. The summed E-state index contributed by atoms with van der Waals surface area (Å²) in [6, 6.07) is 15.4. The molecule has 1 aromatic heterocycles. The van der Waals surface area contributed by atoms with Crippen LogP contribution in [0.3, 0.4) is 0 Å². The average Bonchev–Trinajstić information content (AvgIpc) is 3.13. The van der Waals surface area contributed by atoms with Gasteiger partial charge >= 0.3 is 0 Å². The maximum absolute atomic E-state index is 12.4. The van der Waals surface area contributed by atoms with Gasteiger partial charge in [0.15, 0.2) is 4.34 Å². The Morgan fingerprint density at radius 3 is 2.67 bits per heavy atom. The van der Waals surface area contributed by atoms with Gasteiger partial charge in [0.2, 0.25) is 5.13 Å². The van der Waals surface area contributed by atoms with Gasteiger partial charge in [-0.3, -0.25) is 10.1 Å². The van der Waals surface area contributed by atoms with Crippen molar-refractivity contribution in [2.75, 3.05) is 11.9 Å². The summed E-state index contributed by atoms with van der Waals surface area (Å²) in [4.78, 5) is 12.4. The number of rotatable bonds is 8. The fourth-order valence-corrected chi connectivity index (χ4v) is 4.15. The van der Waals surface area contributed by atoms with E-state index in [-0.39, 0.29) is 5.91 Å². The van der Waals surface area contributed by atoms with E-state index in [1.165, 1.54) is 22.5 Å². The Morgan fingerprint density at radius 1 is 1.15 bits per heavy atom. The van der Waals surface area contributed by atoms with Gasteiger partial charge in [0, 0.05) is 11.3 Å². The first-order chi connectivity index (χ1) is 13.2. The molecule has 0 aliphatic rings. The normalized spacial score (nSPS) is 10.6. The molecule has 1 heterocycles. The van der Waals surface area contributed by atoms with Crippen molar-refractivity contribution in [1.29, 1.82) is 0 Å².